The van der Waals surface area contributed by atoms with Crippen LogP contribution in [0, 0.1) is 0 Å². The Kier molecular flexibility index (Phi) is 12.3. The summed E-state index contributed by atoms with van der Waals surface area (Å²) in [7, 11) is -2.39. The van der Waals surface area contributed by atoms with Gasteiger partial charge in [0.05, 0.1) is 6.61 Å². The van der Waals surface area contributed by atoms with Crippen LogP contribution in [0.3, 0.4) is 0 Å². The molecule has 0 fully saturated rings. The largest absolute Gasteiger partial charge is 0.419 e. The van der Waals surface area contributed by atoms with Gasteiger partial charge in [0.15, 0.2) is 34.1 Å². The zero-order valence-electron chi connectivity index (χ0n) is 10.9. The summed E-state index contributed by atoms with van der Waals surface area (Å²) in [4.78, 5) is 0. The van der Waals surface area contributed by atoms with E-state index in [9.17, 15) is 0 Å². The van der Waals surface area contributed by atoms with Gasteiger partial charge in [-0.05, 0) is 43.1 Å². The summed E-state index contributed by atoms with van der Waals surface area (Å²) < 4.78 is 18.6. The zero-order chi connectivity index (χ0) is 12.4. The van der Waals surface area contributed by atoms with Gasteiger partial charge in [-0.15, -0.1) is 0 Å². The van der Waals surface area contributed by atoms with Gasteiger partial charge in [-0.3, -0.25) is 0 Å². The smallest absolute Gasteiger partial charge is 0.174 e. The minimum atomic E-state index is -1.02. The molecule has 0 saturated carbocycles. The van der Waals surface area contributed by atoms with Crippen LogP contribution in [0.2, 0.25) is 32.2 Å². The minimum Gasteiger partial charge on any atom is -0.419 e. The van der Waals surface area contributed by atoms with Crippen molar-refractivity contribution in [1.29, 1.82) is 0 Å². The second-order valence-corrected chi connectivity index (χ2v) is 11.6. The molecule has 0 atom stereocenters. The Morgan fingerprint density at radius 1 is 1.12 bits per heavy atom. The highest BCUT2D eigenvalue weighted by atomic mass is 127. The van der Waals surface area contributed by atoms with Crippen LogP contribution in [0.15, 0.2) is 0 Å². The molecule has 0 aromatic heterocycles. The summed E-state index contributed by atoms with van der Waals surface area (Å²) in [5.74, 6) is 0. The maximum Gasteiger partial charge on any atom is 0.174 e. The van der Waals surface area contributed by atoms with Gasteiger partial charge in [0.2, 0.25) is 0 Å². The van der Waals surface area contributed by atoms with Gasteiger partial charge in [0, 0.05) is 0 Å². The maximum absolute atomic E-state index is 5.81. The van der Waals surface area contributed by atoms with Gasteiger partial charge in [-0.1, -0.05) is 22.6 Å². The Hall–Kier alpha value is 1.26. The third-order valence-electron chi connectivity index (χ3n) is 1.77. The normalized spacial score (nSPS) is 12.8. The van der Waals surface area contributed by atoms with E-state index in [0.717, 1.165) is 0 Å². The van der Waals surface area contributed by atoms with Gasteiger partial charge >= 0.3 is 0 Å². The van der Waals surface area contributed by atoms with Crippen LogP contribution in [-0.4, -0.2) is 45.2 Å². The molecule has 0 spiro atoms. The first-order chi connectivity index (χ1) is 7.56. The van der Waals surface area contributed by atoms with Gasteiger partial charge in [-0.2, -0.15) is 0 Å². The quantitative estimate of drug-likeness (QED) is 0.186. The molecule has 0 heterocycles. The van der Waals surface area contributed by atoms with Crippen LogP contribution >= 0.6 is 22.6 Å². The predicted octanol–water partition coefficient (Wildman–Crippen LogP) is 1.66. The van der Waals surface area contributed by atoms with Crippen molar-refractivity contribution in [2.45, 2.75) is 44.9 Å². The van der Waals surface area contributed by atoms with Crippen LogP contribution in [0.4, 0.5) is 0 Å². The second-order valence-electron chi connectivity index (χ2n) is 4.27. The van der Waals surface area contributed by atoms with Crippen molar-refractivity contribution in [1.82, 2.24) is 0 Å². The average molecular weight is 392 g/mol. The predicted molar refractivity (Wildman–Crippen MR) is 86.5 cm³/mol. The summed E-state index contributed by atoms with van der Waals surface area (Å²) in [6.07, 6.45) is 1.21. The van der Waals surface area contributed by atoms with E-state index in [1.807, 2.05) is 0 Å². The molecule has 0 unspecified atom stereocenters. The van der Waals surface area contributed by atoms with E-state index in [2.05, 4.69) is 48.8 Å². The van der Waals surface area contributed by atoms with E-state index >= 15 is 0 Å². The Bertz CT molecular complexity index is 151. The van der Waals surface area contributed by atoms with E-state index in [-0.39, 0.29) is 16.1 Å². The fraction of sp³-hybridized carbons (Fsp3) is 1.00. The summed E-state index contributed by atoms with van der Waals surface area (Å²) in [5.41, 5.74) is 0. The van der Waals surface area contributed by atoms with Gasteiger partial charge in [0.25, 0.3) is 0 Å². The molecule has 0 aromatic rings. The van der Waals surface area contributed by atoms with E-state index in [0.29, 0.717) is 6.61 Å². The van der Waals surface area contributed by atoms with Crippen LogP contribution in [-0.2, 0) is 13.3 Å². The molecule has 16 heavy (non-hydrogen) atoms. The van der Waals surface area contributed by atoms with Crippen molar-refractivity contribution in [3.63, 3.8) is 0 Å². The third-order valence-corrected chi connectivity index (χ3v) is 5.55. The zero-order valence-corrected chi connectivity index (χ0v) is 16.8. The molecule has 3 nitrogen and oxygen atoms in total. The molecule has 0 rings (SSSR count). The van der Waals surface area contributed by atoms with E-state index in [1.165, 1.54) is 16.9 Å². The number of rotatable bonds is 10. The van der Waals surface area contributed by atoms with E-state index < -0.39 is 18.1 Å². The second kappa shape index (κ2) is 11.4. The third kappa shape index (κ3) is 11.7. The molecule has 0 radical (unpaired) electrons. The fourth-order valence-corrected chi connectivity index (χ4v) is 5.40. The lowest BCUT2D eigenvalue weighted by Gasteiger charge is -2.23. The van der Waals surface area contributed by atoms with Crippen LogP contribution in [0.1, 0.15) is 6.42 Å². The average Bonchev–Trinajstić information content (AvgIpc) is 2.15. The van der Waals surface area contributed by atoms with Crippen LogP contribution in [0.5, 0.6) is 0 Å². The molecule has 7 heteroatoms. The van der Waals surface area contributed by atoms with Crippen molar-refractivity contribution < 1.29 is 13.3 Å². The fourth-order valence-electron chi connectivity index (χ4n) is 1.20. The Morgan fingerprint density at radius 3 is 2.12 bits per heavy atom. The van der Waals surface area contributed by atoms with Crippen LogP contribution < -0.4 is 0 Å². The van der Waals surface area contributed by atoms with Crippen molar-refractivity contribution in [2.24, 2.45) is 0 Å². The van der Waals surface area contributed by atoms with E-state index in [4.69, 9.17) is 13.3 Å². The summed E-state index contributed by atoms with van der Waals surface area (Å²) in [6.45, 7) is 9.35. The first-order valence-corrected chi connectivity index (χ1v) is 14.7. The van der Waals surface area contributed by atoms with Crippen molar-refractivity contribution in [3.8, 4) is 0 Å². The first kappa shape index (κ1) is 17.3. The molecular formula is C9H25IO3Si3. The highest BCUT2D eigenvalue weighted by Gasteiger charge is 2.13. The molecule has 0 saturated heterocycles. The maximum atomic E-state index is 5.81. The number of hydrogen-bond donors (Lipinski definition) is 0. The molecular weight excluding hydrogens is 367 g/mol. The lowest BCUT2D eigenvalue weighted by Crippen LogP contribution is -2.32. The molecule has 0 bridgehead atoms. The highest BCUT2D eigenvalue weighted by molar-refractivity contribution is 14.1. The van der Waals surface area contributed by atoms with Crippen LogP contribution in [0.25, 0.3) is 0 Å². The lowest BCUT2D eigenvalue weighted by molar-refractivity contribution is -0.0305. The minimum absolute atomic E-state index is 0.0783. The molecule has 98 valence electrons. The van der Waals surface area contributed by atoms with Crippen molar-refractivity contribution in [2.75, 3.05) is 11.0 Å². The molecule has 0 aliphatic heterocycles. The number of halogens is 1. The highest BCUT2D eigenvalue weighted by Crippen LogP contribution is 2.03. The van der Waals surface area contributed by atoms with Gasteiger partial charge < -0.3 is 13.3 Å². The molecule has 0 N–H and O–H groups in total. The van der Waals surface area contributed by atoms with Gasteiger partial charge in [0.1, 0.15) is 0 Å². The van der Waals surface area contributed by atoms with E-state index in [1.54, 1.807) is 0 Å². The molecule has 0 amide bonds. The monoisotopic (exact) mass is 392 g/mol. The molecule has 0 aromatic carbocycles. The lowest BCUT2D eigenvalue weighted by atomic mass is 10.6. The topological polar surface area (TPSA) is 27.7 Å². The Labute approximate surface area is 119 Å². The Balaban J connectivity index is 3.65. The first-order valence-electron chi connectivity index (χ1n) is 6.01. The SMILES string of the molecule is C[SiH](C)OC(CO[SiH2]CCCI)O[SiH](C)C. The standard InChI is InChI=1S/C9H25IO3Si3/c1-15(2)12-9(13-16(3)4)8-11-14-7-5-6-10/h9,15-16H,5-8,14H2,1-4H3. The number of hydrogen-bond acceptors (Lipinski definition) is 3. The van der Waals surface area contributed by atoms with Crippen molar-refractivity contribution in [3.05, 3.63) is 0 Å². The molecule has 0 aliphatic carbocycles. The summed E-state index contributed by atoms with van der Waals surface area (Å²) in [5, 5.41) is 0. The molecule has 0 aliphatic rings. The number of alkyl halides is 1. The summed E-state index contributed by atoms with van der Waals surface area (Å²) >= 11 is 2.41. The van der Waals surface area contributed by atoms with Crippen molar-refractivity contribution >= 4 is 50.4 Å². The Morgan fingerprint density at radius 2 is 1.69 bits per heavy atom. The summed E-state index contributed by atoms with van der Waals surface area (Å²) in [6, 6.07) is 1.27. The van der Waals surface area contributed by atoms with Gasteiger partial charge in [-0.25, -0.2) is 0 Å².